The van der Waals surface area contributed by atoms with E-state index in [1.807, 2.05) is 50.9 Å². The molecule has 1 N–H and O–H groups in total. The highest BCUT2D eigenvalue weighted by molar-refractivity contribution is 7.71. The van der Waals surface area contributed by atoms with Crippen LogP contribution in [0.2, 0.25) is 0 Å². The van der Waals surface area contributed by atoms with Crippen LogP contribution >= 0.6 is 12.2 Å². The molecule has 0 aromatic carbocycles. The number of nitrogens with one attached hydrogen (secondary N) is 1. The molecular weight excluding hydrogens is 494 g/mol. The van der Waals surface area contributed by atoms with Gasteiger partial charge in [-0.3, -0.25) is 10.2 Å². The Morgan fingerprint density at radius 2 is 1.95 bits per heavy atom. The molecule has 1 aliphatic rings. The van der Waals surface area contributed by atoms with Crippen molar-refractivity contribution in [3.05, 3.63) is 94.8 Å². The molecule has 4 rings (SSSR count). The van der Waals surface area contributed by atoms with Crippen LogP contribution in [-0.2, 0) is 11.8 Å². The Morgan fingerprint density at radius 1 is 1.16 bits per heavy atom. The third kappa shape index (κ3) is 5.99. The van der Waals surface area contributed by atoms with Gasteiger partial charge in [0.05, 0.1) is 18.7 Å². The minimum absolute atomic E-state index is 0.126. The van der Waals surface area contributed by atoms with Crippen molar-refractivity contribution < 1.29 is 4.79 Å². The average molecular weight is 530 g/mol. The maximum atomic E-state index is 12.5. The predicted octanol–water partition coefficient (Wildman–Crippen LogP) is 6.15. The van der Waals surface area contributed by atoms with Gasteiger partial charge in [-0.15, -0.1) is 0 Å². The van der Waals surface area contributed by atoms with Gasteiger partial charge in [0, 0.05) is 25.5 Å². The molecule has 198 valence electrons. The average Bonchev–Trinajstić information content (AvgIpc) is 3.52. The van der Waals surface area contributed by atoms with Crippen LogP contribution in [0.25, 0.3) is 11.2 Å². The van der Waals surface area contributed by atoms with Gasteiger partial charge in [-0.25, -0.2) is 19.6 Å². The normalized spacial score (nSPS) is 18.7. The Hall–Kier alpha value is -3.85. The molecule has 1 unspecified atom stereocenters. The van der Waals surface area contributed by atoms with Crippen molar-refractivity contribution >= 4 is 29.3 Å². The van der Waals surface area contributed by atoms with Gasteiger partial charge < -0.3 is 9.13 Å². The van der Waals surface area contributed by atoms with E-state index in [0.717, 1.165) is 24.0 Å². The van der Waals surface area contributed by atoms with E-state index in [0.29, 0.717) is 21.8 Å². The van der Waals surface area contributed by atoms with E-state index < -0.39 is 0 Å². The first kappa shape index (κ1) is 27.2. The summed E-state index contributed by atoms with van der Waals surface area (Å²) in [6.07, 6.45) is 23.0. The van der Waals surface area contributed by atoms with E-state index in [-0.39, 0.29) is 11.3 Å². The Balaban J connectivity index is 1.42. The fraction of sp³-hybridized carbons (Fsp3) is 0.345. The second-order valence-electron chi connectivity index (χ2n) is 10.5. The second kappa shape index (κ2) is 11.3. The molecule has 9 heteroatoms. The number of nitrogens with zero attached hydrogens (tertiary/aromatic N) is 6. The second-order valence-corrected chi connectivity index (χ2v) is 10.8. The van der Waals surface area contributed by atoms with Crippen LogP contribution in [0.3, 0.4) is 0 Å². The van der Waals surface area contributed by atoms with Crippen molar-refractivity contribution in [1.82, 2.24) is 28.8 Å². The maximum Gasteiger partial charge on any atom is 0.263 e. The quantitative estimate of drug-likeness (QED) is 0.226. The summed E-state index contributed by atoms with van der Waals surface area (Å²) in [6, 6.07) is 0.353. The number of aromatic nitrogens is 6. The van der Waals surface area contributed by atoms with Crippen LogP contribution < -0.4 is 5.43 Å². The van der Waals surface area contributed by atoms with E-state index in [1.54, 1.807) is 10.9 Å². The zero-order chi connectivity index (χ0) is 27.4. The third-order valence-electron chi connectivity index (χ3n) is 7.02. The number of aryl methyl sites for hydroxylation is 1. The summed E-state index contributed by atoms with van der Waals surface area (Å²) in [4.78, 5) is 25.3. The molecule has 1 atom stereocenters. The molecule has 0 aliphatic heterocycles. The Bertz CT molecular complexity index is 1540. The van der Waals surface area contributed by atoms with Crippen LogP contribution in [0.4, 0.5) is 0 Å². The minimum Gasteiger partial charge on any atom is -0.330 e. The lowest BCUT2D eigenvalue weighted by molar-refractivity contribution is -0.112. The Kier molecular flexibility index (Phi) is 8.06. The summed E-state index contributed by atoms with van der Waals surface area (Å²) < 4.78 is 5.96. The van der Waals surface area contributed by atoms with Gasteiger partial charge in [-0.1, -0.05) is 62.0 Å². The molecule has 0 spiro atoms. The fourth-order valence-corrected chi connectivity index (χ4v) is 5.02. The molecular formula is C29H35N7OS. The molecule has 1 amide bonds. The molecule has 0 bridgehead atoms. The molecule has 0 saturated heterocycles. The van der Waals surface area contributed by atoms with Crippen molar-refractivity contribution in [2.24, 2.45) is 12.5 Å². The molecule has 3 heterocycles. The highest BCUT2D eigenvalue weighted by atomic mass is 32.1. The first-order chi connectivity index (χ1) is 18.1. The first-order valence-electron chi connectivity index (χ1n) is 12.7. The van der Waals surface area contributed by atoms with Crippen molar-refractivity contribution in [2.75, 3.05) is 5.43 Å². The number of carbonyl (C=O) groups is 1. The lowest BCUT2D eigenvalue weighted by Crippen LogP contribution is -2.25. The summed E-state index contributed by atoms with van der Waals surface area (Å²) in [5.41, 5.74) is 8.70. The van der Waals surface area contributed by atoms with Gasteiger partial charge >= 0.3 is 0 Å². The molecule has 1 aliphatic carbocycles. The number of hydrogen-bond acceptors (Lipinski definition) is 5. The van der Waals surface area contributed by atoms with E-state index in [2.05, 4.69) is 64.8 Å². The number of carbonyl (C=O) groups excluding carboxylic acids is 1. The van der Waals surface area contributed by atoms with Gasteiger partial charge in [-0.2, -0.15) is 0 Å². The zero-order valence-electron chi connectivity index (χ0n) is 22.8. The molecule has 0 saturated carbocycles. The SMILES string of the molecule is CC(C=CC1=C(C)C(n2ccnc2)CCC1(C)C)=CC=CC(C)=CC(=O)Nn1cnc2c(=S)n(C)cnc21. The van der Waals surface area contributed by atoms with Gasteiger partial charge in [0.25, 0.3) is 5.91 Å². The molecule has 8 nitrogen and oxygen atoms in total. The van der Waals surface area contributed by atoms with E-state index >= 15 is 0 Å². The fourth-order valence-electron chi connectivity index (χ4n) is 4.83. The molecule has 0 fully saturated rings. The monoisotopic (exact) mass is 529 g/mol. The highest BCUT2D eigenvalue weighted by Crippen LogP contribution is 2.45. The number of amides is 1. The molecule has 3 aromatic heterocycles. The standard InChI is InChI=1S/C29H35N7OS/c1-20(10-11-23-22(3)24(12-13-29(23,4)5)35-15-14-30-17-35)8-7-9-21(2)16-25(37)33-36-19-31-26-27(36)32-18-34(6)28(26)38/h7-11,14-19,24H,12-13H2,1-6H3,(H,33,37). The Morgan fingerprint density at radius 3 is 2.68 bits per heavy atom. The van der Waals surface area contributed by atoms with Gasteiger partial charge in [0.2, 0.25) is 0 Å². The number of hydrogen-bond donors (Lipinski definition) is 1. The van der Waals surface area contributed by atoms with Crippen molar-refractivity contribution in [2.45, 2.75) is 53.5 Å². The largest absolute Gasteiger partial charge is 0.330 e. The summed E-state index contributed by atoms with van der Waals surface area (Å²) in [6.45, 7) is 10.8. The smallest absolute Gasteiger partial charge is 0.263 e. The maximum absolute atomic E-state index is 12.5. The van der Waals surface area contributed by atoms with Gasteiger partial charge in [0.1, 0.15) is 16.5 Å². The summed E-state index contributed by atoms with van der Waals surface area (Å²) in [5.74, 6) is -0.276. The van der Waals surface area contributed by atoms with Crippen LogP contribution in [0, 0.1) is 10.1 Å². The van der Waals surface area contributed by atoms with Crippen LogP contribution in [0.15, 0.2) is 90.1 Å². The van der Waals surface area contributed by atoms with E-state index in [4.69, 9.17) is 12.2 Å². The predicted molar refractivity (Wildman–Crippen MR) is 154 cm³/mol. The molecule has 0 radical (unpaired) electrons. The number of rotatable bonds is 7. The van der Waals surface area contributed by atoms with E-state index in [9.17, 15) is 4.79 Å². The van der Waals surface area contributed by atoms with Crippen molar-refractivity contribution in [3.8, 4) is 0 Å². The lowest BCUT2D eigenvalue weighted by atomic mass is 9.71. The molecule has 38 heavy (non-hydrogen) atoms. The number of allylic oxidation sites excluding steroid dienone is 9. The van der Waals surface area contributed by atoms with E-state index in [1.165, 1.54) is 28.2 Å². The van der Waals surface area contributed by atoms with Crippen LogP contribution in [0.5, 0.6) is 0 Å². The molecule has 3 aromatic rings. The summed E-state index contributed by atoms with van der Waals surface area (Å²) in [7, 11) is 1.81. The summed E-state index contributed by atoms with van der Waals surface area (Å²) >= 11 is 5.35. The minimum atomic E-state index is -0.276. The third-order valence-corrected chi connectivity index (χ3v) is 7.50. The van der Waals surface area contributed by atoms with Crippen LogP contribution in [-0.4, -0.2) is 34.7 Å². The van der Waals surface area contributed by atoms with Crippen molar-refractivity contribution in [3.63, 3.8) is 0 Å². The lowest BCUT2D eigenvalue weighted by Gasteiger charge is -2.37. The highest BCUT2D eigenvalue weighted by Gasteiger charge is 2.32. The van der Waals surface area contributed by atoms with Crippen molar-refractivity contribution in [1.29, 1.82) is 0 Å². The zero-order valence-corrected chi connectivity index (χ0v) is 23.7. The number of fused-ring (bicyclic) bond motifs is 1. The number of imidazole rings is 2. The first-order valence-corrected chi connectivity index (χ1v) is 13.1. The Labute approximate surface area is 228 Å². The summed E-state index contributed by atoms with van der Waals surface area (Å²) in [5, 5.41) is 0. The topological polar surface area (TPSA) is 82.6 Å². The van der Waals surface area contributed by atoms with Gasteiger partial charge in [0.15, 0.2) is 5.65 Å². The van der Waals surface area contributed by atoms with Crippen LogP contribution in [0.1, 0.15) is 53.5 Å². The van der Waals surface area contributed by atoms with Gasteiger partial charge in [-0.05, 0) is 55.7 Å².